The molecule has 1 heterocycles. The fourth-order valence-electron chi connectivity index (χ4n) is 2.01. The minimum Gasteiger partial charge on any atom is -0.477 e. The first-order chi connectivity index (χ1) is 9.90. The van der Waals surface area contributed by atoms with Gasteiger partial charge in [-0.15, -0.1) is 0 Å². The number of anilines is 1. The number of nitrogens with zero attached hydrogens (tertiary/aromatic N) is 2. The summed E-state index contributed by atoms with van der Waals surface area (Å²) in [7, 11) is 0. The first-order valence-electron chi connectivity index (χ1n) is 8.15. The largest absolute Gasteiger partial charge is 0.477 e. The van der Waals surface area contributed by atoms with Crippen LogP contribution >= 0.6 is 0 Å². The van der Waals surface area contributed by atoms with Gasteiger partial charge in [-0.2, -0.15) is 4.98 Å². The van der Waals surface area contributed by atoms with Gasteiger partial charge in [0, 0.05) is 12.0 Å². The van der Waals surface area contributed by atoms with E-state index in [9.17, 15) is 0 Å². The SMILES string of the molecule is CCCCCCOc1nc(C(C)(C)C)nc(NCC)c1C. The van der Waals surface area contributed by atoms with Gasteiger partial charge in [0.25, 0.3) is 0 Å². The molecule has 120 valence electrons. The number of aromatic nitrogens is 2. The molecule has 0 saturated heterocycles. The smallest absolute Gasteiger partial charge is 0.221 e. The molecule has 0 spiro atoms. The van der Waals surface area contributed by atoms with Crippen molar-refractivity contribution in [2.75, 3.05) is 18.5 Å². The van der Waals surface area contributed by atoms with Gasteiger partial charge in [-0.25, -0.2) is 4.98 Å². The van der Waals surface area contributed by atoms with Crippen molar-refractivity contribution in [2.24, 2.45) is 0 Å². The zero-order chi connectivity index (χ0) is 15.9. The molecule has 0 bridgehead atoms. The Balaban J connectivity index is 2.87. The van der Waals surface area contributed by atoms with Gasteiger partial charge in [0.15, 0.2) is 0 Å². The Morgan fingerprint density at radius 1 is 1.05 bits per heavy atom. The van der Waals surface area contributed by atoms with Crippen molar-refractivity contribution in [3.8, 4) is 5.88 Å². The maximum atomic E-state index is 5.92. The molecule has 21 heavy (non-hydrogen) atoms. The summed E-state index contributed by atoms with van der Waals surface area (Å²) in [6.45, 7) is 14.3. The van der Waals surface area contributed by atoms with Crippen molar-refractivity contribution < 1.29 is 4.74 Å². The van der Waals surface area contributed by atoms with Crippen LogP contribution in [0, 0.1) is 6.92 Å². The third kappa shape index (κ3) is 5.52. The van der Waals surface area contributed by atoms with Gasteiger partial charge in [-0.1, -0.05) is 47.0 Å². The Kier molecular flexibility index (Phi) is 6.93. The quantitative estimate of drug-likeness (QED) is 0.718. The van der Waals surface area contributed by atoms with Crippen LogP contribution in [-0.2, 0) is 5.41 Å². The normalized spacial score (nSPS) is 11.5. The molecule has 1 aromatic rings. The molecule has 0 saturated carbocycles. The van der Waals surface area contributed by atoms with Gasteiger partial charge in [-0.3, -0.25) is 0 Å². The lowest BCUT2D eigenvalue weighted by Crippen LogP contribution is -2.19. The molecule has 1 N–H and O–H groups in total. The lowest BCUT2D eigenvalue weighted by molar-refractivity contribution is 0.288. The molecule has 0 unspecified atom stereocenters. The van der Waals surface area contributed by atoms with E-state index >= 15 is 0 Å². The molecular weight excluding hydrogens is 262 g/mol. The highest BCUT2D eigenvalue weighted by molar-refractivity contribution is 5.49. The van der Waals surface area contributed by atoms with Crippen LogP contribution in [0.2, 0.25) is 0 Å². The van der Waals surface area contributed by atoms with Crippen LogP contribution in [0.4, 0.5) is 5.82 Å². The lowest BCUT2D eigenvalue weighted by Gasteiger charge is -2.20. The number of hydrogen-bond acceptors (Lipinski definition) is 4. The molecule has 0 amide bonds. The van der Waals surface area contributed by atoms with Crippen molar-refractivity contribution in [3.63, 3.8) is 0 Å². The summed E-state index contributed by atoms with van der Waals surface area (Å²) in [5.74, 6) is 2.44. The van der Waals surface area contributed by atoms with Crippen LogP contribution in [0.25, 0.3) is 0 Å². The number of ether oxygens (including phenoxy) is 1. The highest BCUT2D eigenvalue weighted by atomic mass is 16.5. The third-order valence-electron chi connectivity index (χ3n) is 3.35. The van der Waals surface area contributed by atoms with Gasteiger partial charge in [0.2, 0.25) is 5.88 Å². The maximum absolute atomic E-state index is 5.92. The molecule has 0 radical (unpaired) electrons. The fraction of sp³-hybridized carbons (Fsp3) is 0.765. The molecule has 1 rings (SSSR count). The van der Waals surface area contributed by atoms with E-state index in [1.807, 2.05) is 6.92 Å². The Hall–Kier alpha value is -1.32. The van der Waals surface area contributed by atoms with Gasteiger partial charge in [0.05, 0.1) is 12.2 Å². The molecule has 0 atom stereocenters. The summed E-state index contributed by atoms with van der Waals surface area (Å²) in [4.78, 5) is 9.28. The van der Waals surface area contributed by atoms with Crippen molar-refractivity contribution in [2.45, 2.75) is 72.6 Å². The third-order valence-corrected chi connectivity index (χ3v) is 3.35. The zero-order valence-electron chi connectivity index (χ0n) is 14.5. The Morgan fingerprint density at radius 3 is 2.33 bits per heavy atom. The maximum Gasteiger partial charge on any atom is 0.221 e. The van der Waals surface area contributed by atoms with Gasteiger partial charge >= 0.3 is 0 Å². The van der Waals surface area contributed by atoms with Crippen LogP contribution in [0.1, 0.15) is 71.7 Å². The van der Waals surface area contributed by atoms with E-state index in [0.29, 0.717) is 0 Å². The number of nitrogens with one attached hydrogen (secondary N) is 1. The lowest BCUT2D eigenvalue weighted by atomic mass is 9.95. The zero-order valence-corrected chi connectivity index (χ0v) is 14.5. The van der Waals surface area contributed by atoms with Gasteiger partial charge < -0.3 is 10.1 Å². The van der Waals surface area contributed by atoms with E-state index in [2.05, 4.69) is 49.9 Å². The van der Waals surface area contributed by atoms with Gasteiger partial charge in [-0.05, 0) is 20.3 Å². The van der Waals surface area contributed by atoms with Crippen molar-refractivity contribution in [1.29, 1.82) is 0 Å². The summed E-state index contributed by atoms with van der Waals surface area (Å²) in [5.41, 5.74) is 0.915. The highest BCUT2D eigenvalue weighted by Crippen LogP contribution is 2.27. The molecule has 1 aromatic heterocycles. The van der Waals surface area contributed by atoms with Crippen LogP contribution in [0.15, 0.2) is 0 Å². The molecular formula is C17H31N3O. The van der Waals surface area contributed by atoms with Crippen molar-refractivity contribution in [1.82, 2.24) is 9.97 Å². The van der Waals surface area contributed by atoms with E-state index in [1.165, 1.54) is 19.3 Å². The topological polar surface area (TPSA) is 47.0 Å². The highest BCUT2D eigenvalue weighted by Gasteiger charge is 2.21. The minimum atomic E-state index is -0.0851. The Morgan fingerprint density at radius 2 is 1.76 bits per heavy atom. The summed E-state index contributed by atoms with van der Waals surface area (Å²) < 4.78 is 5.92. The number of rotatable bonds is 8. The van der Waals surface area contributed by atoms with Crippen LogP contribution in [0.3, 0.4) is 0 Å². The van der Waals surface area contributed by atoms with Crippen LogP contribution < -0.4 is 10.1 Å². The van der Waals surface area contributed by atoms with E-state index < -0.39 is 0 Å². The molecule has 4 nitrogen and oxygen atoms in total. The van der Waals surface area contributed by atoms with Gasteiger partial charge in [0.1, 0.15) is 11.6 Å². The van der Waals surface area contributed by atoms with Crippen LogP contribution in [-0.4, -0.2) is 23.1 Å². The fourth-order valence-corrected chi connectivity index (χ4v) is 2.01. The molecule has 0 aliphatic rings. The van der Waals surface area contributed by atoms with E-state index in [-0.39, 0.29) is 5.41 Å². The van der Waals surface area contributed by atoms with Crippen molar-refractivity contribution >= 4 is 5.82 Å². The standard InChI is InChI=1S/C17H31N3O/c1-7-9-10-11-12-21-15-13(3)14(18-8-2)19-16(20-15)17(4,5)6/h7-12H2,1-6H3,(H,18,19,20). The van der Waals surface area contributed by atoms with E-state index in [4.69, 9.17) is 4.74 Å². The predicted molar refractivity (Wildman–Crippen MR) is 89.3 cm³/mol. The minimum absolute atomic E-state index is 0.0851. The first-order valence-corrected chi connectivity index (χ1v) is 8.15. The summed E-state index contributed by atoms with van der Waals surface area (Å²) >= 11 is 0. The molecule has 0 aliphatic carbocycles. The molecule has 0 fully saturated rings. The molecule has 4 heteroatoms. The van der Waals surface area contributed by atoms with Crippen molar-refractivity contribution in [3.05, 3.63) is 11.4 Å². The number of unbranched alkanes of at least 4 members (excludes halogenated alkanes) is 3. The summed E-state index contributed by atoms with van der Waals surface area (Å²) in [6, 6.07) is 0. The summed E-state index contributed by atoms with van der Waals surface area (Å²) in [6.07, 6.45) is 4.80. The second kappa shape index (κ2) is 8.20. The molecule has 0 aromatic carbocycles. The predicted octanol–water partition coefficient (Wildman–Crippen LogP) is 4.47. The number of hydrogen-bond donors (Lipinski definition) is 1. The molecule has 0 aliphatic heterocycles. The average molecular weight is 293 g/mol. The van der Waals surface area contributed by atoms with E-state index in [0.717, 1.165) is 42.7 Å². The monoisotopic (exact) mass is 293 g/mol. The second-order valence-corrected chi connectivity index (χ2v) is 6.52. The summed E-state index contributed by atoms with van der Waals surface area (Å²) in [5, 5.41) is 3.31. The Bertz CT molecular complexity index is 438. The van der Waals surface area contributed by atoms with Crippen LogP contribution in [0.5, 0.6) is 5.88 Å². The second-order valence-electron chi connectivity index (χ2n) is 6.52. The Labute approximate surface area is 129 Å². The van der Waals surface area contributed by atoms with E-state index in [1.54, 1.807) is 0 Å². The first kappa shape index (κ1) is 17.7. The average Bonchev–Trinajstić information content (AvgIpc) is 2.41.